The predicted octanol–water partition coefficient (Wildman–Crippen LogP) is 3.04. The average molecular weight is 254 g/mol. The van der Waals surface area contributed by atoms with E-state index in [0.29, 0.717) is 0 Å². The van der Waals surface area contributed by atoms with E-state index < -0.39 is 0 Å². The molecule has 0 fully saturated rings. The molecule has 2 aromatic rings. The smallest absolute Gasteiger partial charge is 0.113 e. The maximum absolute atomic E-state index is 5.81. The van der Waals surface area contributed by atoms with Crippen LogP contribution in [0.15, 0.2) is 30.6 Å². The molecule has 5 heteroatoms. The zero-order valence-corrected chi connectivity index (χ0v) is 10.4. The van der Waals surface area contributed by atoms with Gasteiger partial charge in [-0.1, -0.05) is 17.7 Å². The Morgan fingerprint density at radius 1 is 1.44 bits per heavy atom. The van der Waals surface area contributed by atoms with Crippen molar-refractivity contribution in [2.24, 2.45) is 0 Å². The third-order valence-electron chi connectivity index (χ3n) is 2.22. The molecule has 0 saturated heterocycles. The zero-order chi connectivity index (χ0) is 11.4. The summed E-state index contributed by atoms with van der Waals surface area (Å²) in [5.74, 6) is 0. The highest BCUT2D eigenvalue weighted by Crippen LogP contribution is 2.18. The first-order chi connectivity index (χ1) is 7.75. The average Bonchev–Trinajstić information content (AvgIpc) is 2.73. The fraction of sp³-hybridized carbons (Fsp3) is 0.273. The maximum atomic E-state index is 5.81. The summed E-state index contributed by atoms with van der Waals surface area (Å²) in [6, 6.07) is 6.12. The molecule has 2 rings (SSSR count). The summed E-state index contributed by atoms with van der Waals surface area (Å²) in [7, 11) is 0. The highest BCUT2D eigenvalue weighted by atomic mass is 35.5. The van der Waals surface area contributed by atoms with Gasteiger partial charge in [-0.3, -0.25) is 4.98 Å². The standard InChI is InChI=1S/C11H12ClN3S/c1-8(9-4-2-3-5-13-9)14-7-11-15-6-10(12)16-11/h2-6,8,14H,7H2,1H3/t8-/m0/s1. The van der Waals surface area contributed by atoms with Crippen LogP contribution < -0.4 is 5.32 Å². The van der Waals surface area contributed by atoms with Gasteiger partial charge in [-0.15, -0.1) is 11.3 Å². The minimum Gasteiger partial charge on any atom is -0.302 e. The Balaban J connectivity index is 1.91. The van der Waals surface area contributed by atoms with Gasteiger partial charge < -0.3 is 5.32 Å². The van der Waals surface area contributed by atoms with E-state index in [1.807, 2.05) is 18.2 Å². The number of halogens is 1. The molecule has 1 N–H and O–H groups in total. The lowest BCUT2D eigenvalue weighted by Gasteiger charge is -2.11. The van der Waals surface area contributed by atoms with Crippen molar-refractivity contribution in [3.63, 3.8) is 0 Å². The number of nitrogens with one attached hydrogen (secondary N) is 1. The molecule has 0 amide bonds. The van der Waals surface area contributed by atoms with Crippen LogP contribution in [-0.2, 0) is 6.54 Å². The van der Waals surface area contributed by atoms with Crippen LogP contribution in [0.5, 0.6) is 0 Å². The van der Waals surface area contributed by atoms with Gasteiger partial charge in [0.15, 0.2) is 0 Å². The Morgan fingerprint density at radius 2 is 2.31 bits per heavy atom. The number of rotatable bonds is 4. The fourth-order valence-corrected chi connectivity index (χ4v) is 2.25. The monoisotopic (exact) mass is 253 g/mol. The van der Waals surface area contributed by atoms with Crippen LogP contribution in [0.3, 0.4) is 0 Å². The quantitative estimate of drug-likeness (QED) is 0.910. The van der Waals surface area contributed by atoms with Crippen molar-refractivity contribution in [3.8, 4) is 0 Å². The third-order valence-corrected chi connectivity index (χ3v) is 3.33. The molecule has 84 valence electrons. The molecule has 0 bridgehead atoms. The lowest BCUT2D eigenvalue weighted by molar-refractivity contribution is 0.560. The van der Waals surface area contributed by atoms with Gasteiger partial charge in [0.1, 0.15) is 9.34 Å². The number of pyridine rings is 1. The number of thiazole rings is 1. The lowest BCUT2D eigenvalue weighted by atomic mass is 10.2. The maximum Gasteiger partial charge on any atom is 0.113 e. The van der Waals surface area contributed by atoms with Gasteiger partial charge in [0.25, 0.3) is 0 Å². The normalized spacial score (nSPS) is 12.6. The lowest BCUT2D eigenvalue weighted by Crippen LogP contribution is -2.18. The molecule has 0 aromatic carbocycles. The second-order valence-electron chi connectivity index (χ2n) is 3.42. The van der Waals surface area contributed by atoms with Gasteiger partial charge in [-0.05, 0) is 19.1 Å². The van der Waals surface area contributed by atoms with Crippen molar-refractivity contribution in [2.45, 2.75) is 19.5 Å². The molecule has 0 unspecified atom stereocenters. The number of hydrogen-bond acceptors (Lipinski definition) is 4. The van der Waals surface area contributed by atoms with Crippen molar-refractivity contribution >= 4 is 22.9 Å². The van der Waals surface area contributed by atoms with Crippen molar-refractivity contribution < 1.29 is 0 Å². The van der Waals surface area contributed by atoms with Gasteiger partial charge >= 0.3 is 0 Å². The zero-order valence-electron chi connectivity index (χ0n) is 8.85. The molecule has 3 nitrogen and oxygen atoms in total. The van der Waals surface area contributed by atoms with Gasteiger partial charge in [-0.2, -0.15) is 0 Å². The highest BCUT2D eigenvalue weighted by molar-refractivity contribution is 7.15. The SMILES string of the molecule is C[C@H](NCc1ncc(Cl)s1)c1ccccn1. The molecule has 16 heavy (non-hydrogen) atoms. The highest BCUT2D eigenvalue weighted by Gasteiger charge is 2.06. The van der Waals surface area contributed by atoms with Crippen LogP contribution in [0, 0.1) is 0 Å². The molecule has 1 atom stereocenters. The summed E-state index contributed by atoms with van der Waals surface area (Å²) in [6.45, 7) is 2.80. The van der Waals surface area contributed by atoms with Gasteiger partial charge in [-0.25, -0.2) is 4.98 Å². The third kappa shape index (κ3) is 3.01. The van der Waals surface area contributed by atoms with Crippen LogP contribution in [-0.4, -0.2) is 9.97 Å². The predicted molar refractivity (Wildman–Crippen MR) is 66.6 cm³/mol. The van der Waals surface area contributed by atoms with Gasteiger partial charge in [0.05, 0.1) is 11.9 Å². The largest absolute Gasteiger partial charge is 0.302 e. The summed E-state index contributed by atoms with van der Waals surface area (Å²) >= 11 is 7.30. The van der Waals surface area contributed by atoms with E-state index >= 15 is 0 Å². The van der Waals surface area contributed by atoms with E-state index in [-0.39, 0.29) is 6.04 Å². The minimum absolute atomic E-state index is 0.212. The van der Waals surface area contributed by atoms with Crippen molar-refractivity contribution in [1.82, 2.24) is 15.3 Å². The van der Waals surface area contributed by atoms with E-state index in [4.69, 9.17) is 11.6 Å². The minimum atomic E-state index is 0.212. The summed E-state index contributed by atoms with van der Waals surface area (Å²) < 4.78 is 0.724. The van der Waals surface area contributed by atoms with Crippen LogP contribution in [0.2, 0.25) is 4.34 Å². The summed E-state index contributed by atoms with van der Waals surface area (Å²) in [6.07, 6.45) is 3.47. The molecular formula is C11H12ClN3S. The second-order valence-corrected chi connectivity index (χ2v) is 5.16. The number of aromatic nitrogens is 2. The fourth-order valence-electron chi connectivity index (χ4n) is 1.35. The molecule has 0 aliphatic carbocycles. The summed E-state index contributed by atoms with van der Waals surface area (Å²) in [4.78, 5) is 8.48. The Labute approximate surface area is 104 Å². The molecule has 2 heterocycles. The van der Waals surface area contributed by atoms with Crippen LogP contribution in [0.1, 0.15) is 23.7 Å². The molecular weight excluding hydrogens is 242 g/mol. The molecule has 0 spiro atoms. The Bertz CT molecular complexity index is 444. The first-order valence-corrected chi connectivity index (χ1v) is 6.19. The van der Waals surface area contributed by atoms with Crippen molar-refractivity contribution in [3.05, 3.63) is 45.6 Å². The van der Waals surface area contributed by atoms with Crippen LogP contribution >= 0.6 is 22.9 Å². The van der Waals surface area contributed by atoms with E-state index in [9.17, 15) is 0 Å². The van der Waals surface area contributed by atoms with E-state index in [1.54, 1.807) is 12.4 Å². The Kier molecular flexibility index (Phi) is 3.88. The summed E-state index contributed by atoms with van der Waals surface area (Å²) in [5, 5.41) is 4.35. The molecule has 2 aromatic heterocycles. The first kappa shape index (κ1) is 11.5. The van der Waals surface area contributed by atoms with Crippen LogP contribution in [0.4, 0.5) is 0 Å². The Hall–Kier alpha value is -0.970. The van der Waals surface area contributed by atoms with Crippen LogP contribution in [0.25, 0.3) is 0 Å². The second kappa shape index (κ2) is 5.39. The van der Waals surface area contributed by atoms with Crippen molar-refractivity contribution in [1.29, 1.82) is 0 Å². The van der Waals surface area contributed by atoms with E-state index in [1.165, 1.54) is 11.3 Å². The molecule has 0 aliphatic rings. The van der Waals surface area contributed by atoms with Crippen molar-refractivity contribution in [2.75, 3.05) is 0 Å². The van der Waals surface area contributed by atoms with Gasteiger partial charge in [0.2, 0.25) is 0 Å². The van der Waals surface area contributed by atoms with E-state index in [0.717, 1.165) is 21.6 Å². The number of nitrogens with zero attached hydrogens (tertiary/aromatic N) is 2. The first-order valence-electron chi connectivity index (χ1n) is 5.00. The van der Waals surface area contributed by atoms with Gasteiger partial charge in [0, 0.05) is 18.8 Å². The molecule has 0 saturated carbocycles. The molecule has 0 aliphatic heterocycles. The molecule has 0 radical (unpaired) electrons. The van der Waals surface area contributed by atoms with E-state index in [2.05, 4.69) is 22.2 Å². The Morgan fingerprint density at radius 3 is 2.94 bits per heavy atom. The topological polar surface area (TPSA) is 37.8 Å². The number of hydrogen-bond donors (Lipinski definition) is 1. The summed E-state index contributed by atoms with van der Waals surface area (Å²) in [5.41, 5.74) is 1.03.